The van der Waals surface area contributed by atoms with Gasteiger partial charge in [-0.1, -0.05) is 18.2 Å². The van der Waals surface area contributed by atoms with Crippen molar-refractivity contribution in [3.8, 4) is 0 Å². The Morgan fingerprint density at radius 3 is 2.58 bits per heavy atom. The molecule has 2 aromatic carbocycles. The van der Waals surface area contributed by atoms with Crippen molar-refractivity contribution in [3.63, 3.8) is 0 Å². The highest BCUT2D eigenvalue weighted by Gasteiger charge is 2.25. The quantitative estimate of drug-likeness (QED) is 0.547. The van der Waals surface area contributed by atoms with E-state index >= 15 is 0 Å². The number of H-pyrrole nitrogens is 1. The second-order valence-electron chi connectivity index (χ2n) is 8.01. The van der Waals surface area contributed by atoms with Gasteiger partial charge in [0.1, 0.15) is 5.82 Å². The van der Waals surface area contributed by atoms with Crippen molar-refractivity contribution in [2.75, 3.05) is 31.5 Å². The number of hydrogen-bond donors (Lipinski definition) is 3. The Morgan fingerprint density at radius 1 is 1.06 bits per heavy atom. The second-order valence-corrected chi connectivity index (χ2v) is 8.01. The van der Waals surface area contributed by atoms with E-state index in [9.17, 15) is 14.0 Å². The molecule has 0 aliphatic carbocycles. The summed E-state index contributed by atoms with van der Waals surface area (Å²) in [5.74, 6) is -0.386. The predicted molar refractivity (Wildman–Crippen MR) is 119 cm³/mol. The lowest BCUT2D eigenvalue weighted by molar-refractivity contribution is -0.126. The number of rotatable bonds is 7. The molecule has 2 heterocycles. The predicted octanol–water partition coefficient (Wildman–Crippen LogP) is 3.32. The number of carbonyl (C=O) groups excluding carboxylic acids is 2. The highest BCUT2D eigenvalue weighted by Crippen LogP contribution is 2.19. The van der Waals surface area contributed by atoms with Gasteiger partial charge in [0.2, 0.25) is 11.8 Å². The van der Waals surface area contributed by atoms with Gasteiger partial charge in [-0.3, -0.25) is 14.5 Å². The molecule has 31 heavy (non-hydrogen) atoms. The largest absolute Gasteiger partial charge is 0.361 e. The number of amides is 2. The summed E-state index contributed by atoms with van der Waals surface area (Å²) >= 11 is 0. The number of aromatic nitrogens is 1. The number of aromatic amines is 1. The minimum absolute atomic E-state index is 0.0145. The molecule has 0 unspecified atom stereocenters. The minimum Gasteiger partial charge on any atom is -0.361 e. The summed E-state index contributed by atoms with van der Waals surface area (Å²) in [6.45, 7) is 2.29. The van der Waals surface area contributed by atoms with E-state index in [1.807, 2.05) is 24.4 Å². The molecular weight excluding hydrogens is 395 g/mol. The van der Waals surface area contributed by atoms with E-state index in [2.05, 4.69) is 26.6 Å². The van der Waals surface area contributed by atoms with Gasteiger partial charge >= 0.3 is 0 Å². The van der Waals surface area contributed by atoms with E-state index in [1.165, 1.54) is 23.1 Å². The van der Waals surface area contributed by atoms with Crippen LogP contribution in [0.4, 0.5) is 10.1 Å². The van der Waals surface area contributed by atoms with E-state index in [1.54, 1.807) is 12.1 Å². The lowest BCUT2D eigenvalue weighted by Crippen LogP contribution is -2.43. The van der Waals surface area contributed by atoms with E-state index in [4.69, 9.17) is 0 Å². The summed E-state index contributed by atoms with van der Waals surface area (Å²) < 4.78 is 13.0. The molecule has 0 radical (unpaired) electrons. The molecule has 1 aliphatic heterocycles. The molecule has 162 valence electrons. The second kappa shape index (κ2) is 9.75. The fourth-order valence-electron chi connectivity index (χ4n) is 4.09. The van der Waals surface area contributed by atoms with Gasteiger partial charge in [0, 0.05) is 35.2 Å². The Labute approximate surface area is 180 Å². The number of fused-ring (bicyclic) bond motifs is 1. The van der Waals surface area contributed by atoms with Gasteiger partial charge in [-0.05, 0) is 68.2 Å². The van der Waals surface area contributed by atoms with Gasteiger partial charge in [0.05, 0.1) is 6.54 Å². The number of nitrogens with zero attached hydrogens (tertiary/aromatic N) is 1. The van der Waals surface area contributed by atoms with Crippen LogP contribution in [-0.2, 0) is 16.0 Å². The first-order valence-corrected chi connectivity index (χ1v) is 10.7. The maximum absolute atomic E-state index is 13.0. The molecule has 6 nitrogen and oxygen atoms in total. The van der Waals surface area contributed by atoms with Crippen molar-refractivity contribution < 1.29 is 14.0 Å². The maximum Gasteiger partial charge on any atom is 0.238 e. The van der Waals surface area contributed by atoms with Crippen molar-refractivity contribution in [2.45, 2.75) is 19.3 Å². The molecule has 1 aliphatic rings. The zero-order valence-electron chi connectivity index (χ0n) is 17.4. The summed E-state index contributed by atoms with van der Waals surface area (Å²) in [7, 11) is 0. The molecule has 0 atom stereocenters. The lowest BCUT2D eigenvalue weighted by atomic mass is 9.96. The molecule has 1 saturated heterocycles. The van der Waals surface area contributed by atoms with Gasteiger partial charge < -0.3 is 15.6 Å². The first-order valence-electron chi connectivity index (χ1n) is 10.7. The third-order valence-electron chi connectivity index (χ3n) is 5.82. The van der Waals surface area contributed by atoms with Crippen LogP contribution in [0.25, 0.3) is 10.9 Å². The maximum atomic E-state index is 13.0. The average molecular weight is 423 g/mol. The zero-order valence-corrected chi connectivity index (χ0v) is 17.4. The number of piperidine rings is 1. The number of para-hydroxylation sites is 1. The van der Waals surface area contributed by atoms with Crippen molar-refractivity contribution in [3.05, 3.63) is 66.1 Å². The molecule has 0 saturated carbocycles. The van der Waals surface area contributed by atoms with Crippen LogP contribution in [0.3, 0.4) is 0 Å². The van der Waals surface area contributed by atoms with Crippen LogP contribution in [-0.4, -0.2) is 47.9 Å². The third-order valence-corrected chi connectivity index (χ3v) is 5.82. The van der Waals surface area contributed by atoms with Gasteiger partial charge in [-0.15, -0.1) is 0 Å². The Hall–Kier alpha value is -3.19. The first-order chi connectivity index (χ1) is 15.1. The van der Waals surface area contributed by atoms with Crippen LogP contribution in [0.5, 0.6) is 0 Å². The summed E-state index contributed by atoms with van der Waals surface area (Å²) in [4.78, 5) is 30.1. The Kier molecular flexibility index (Phi) is 6.62. The summed E-state index contributed by atoms with van der Waals surface area (Å²) in [6, 6.07) is 13.9. The van der Waals surface area contributed by atoms with Gasteiger partial charge in [0.15, 0.2) is 0 Å². The van der Waals surface area contributed by atoms with Crippen LogP contribution in [0.2, 0.25) is 0 Å². The fourth-order valence-corrected chi connectivity index (χ4v) is 4.09. The van der Waals surface area contributed by atoms with Gasteiger partial charge in [0.25, 0.3) is 0 Å². The number of halogens is 1. The standard InChI is InChI=1S/C24H27FN4O2/c25-19-5-7-20(8-6-19)28-23(30)16-29-13-10-17(11-14-29)24(31)26-12-9-18-15-27-22-4-2-1-3-21(18)22/h1-8,15,17,27H,9-14,16H2,(H,26,31)(H,28,30). The number of nitrogens with one attached hydrogen (secondary N) is 3. The highest BCUT2D eigenvalue weighted by molar-refractivity contribution is 5.92. The molecule has 3 N–H and O–H groups in total. The van der Waals surface area contributed by atoms with Crippen molar-refractivity contribution in [2.24, 2.45) is 5.92 Å². The SMILES string of the molecule is O=C(CN1CCC(C(=O)NCCc2c[nH]c3ccccc23)CC1)Nc1ccc(F)cc1. The molecule has 2 amide bonds. The molecular formula is C24H27FN4O2. The van der Waals surface area contributed by atoms with Crippen molar-refractivity contribution in [1.29, 1.82) is 0 Å². The Bertz CT molecular complexity index is 1040. The molecule has 4 rings (SSSR count). The highest BCUT2D eigenvalue weighted by atomic mass is 19.1. The normalized spacial score (nSPS) is 15.1. The summed E-state index contributed by atoms with van der Waals surface area (Å²) in [5, 5.41) is 7.04. The number of likely N-dealkylation sites (tertiary alicyclic amines) is 1. The number of carbonyl (C=O) groups is 2. The van der Waals surface area contributed by atoms with E-state index < -0.39 is 0 Å². The molecule has 1 aromatic heterocycles. The molecule has 0 spiro atoms. The number of benzene rings is 2. The molecule has 1 fully saturated rings. The molecule has 0 bridgehead atoms. The van der Waals surface area contributed by atoms with Crippen LogP contribution >= 0.6 is 0 Å². The monoisotopic (exact) mass is 422 g/mol. The number of anilines is 1. The first kappa shape index (κ1) is 21.1. The molecule has 3 aromatic rings. The van der Waals surface area contributed by atoms with Gasteiger partial charge in [-0.2, -0.15) is 0 Å². The van der Waals surface area contributed by atoms with Gasteiger partial charge in [-0.25, -0.2) is 4.39 Å². The average Bonchev–Trinajstić information content (AvgIpc) is 3.19. The lowest BCUT2D eigenvalue weighted by Gasteiger charge is -2.30. The topological polar surface area (TPSA) is 77.2 Å². The third kappa shape index (κ3) is 5.49. The van der Waals surface area contributed by atoms with Crippen LogP contribution in [0, 0.1) is 11.7 Å². The zero-order chi connectivity index (χ0) is 21.6. The number of hydrogen-bond acceptors (Lipinski definition) is 3. The van der Waals surface area contributed by atoms with Crippen molar-refractivity contribution in [1.82, 2.24) is 15.2 Å². The smallest absolute Gasteiger partial charge is 0.238 e. The van der Waals surface area contributed by atoms with Crippen molar-refractivity contribution >= 4 is 28.4 Å². The Balaban J connectivity index is 1.17. The van der Waals surface area contributed by atoms with E-state index in [0.717, 1.165) is 24.8 Å². The van der Waals surface area contributed by atoms with E-state index in [0.29, 0.717) is 25.3 Å². The Morgan fingerprint density at radius 2 is 1.81 bits per heavy atom. The van der Waals surface area contributed by atoms with E-state index in [-0.39, 0.29) is 30.1 Å². The summed E-state index contributed by atoms with van der Waals surface area (Å²) in [5.41, 5.74) is 2.90. The van der Waals surface area contributed by atoms with Crippen LogP contribution in [0.1, 0.15) is 18.4 Å². The fraction of sp³-hybridized carbons (Fsp3) is 0.333. The minimum atomic E-state index is -0.334. The molecule has 7 heteroatoms. The summed E-state index contributed by atoms with van der Waals surface area (Å²) in [6.07, 6.45) is 4.27. The van der Waals surface area contributed by atoms with Crippen LogP contribution in [0.15, 0.2) is 54.7 Å². The van der Waals surface area contributed by atoms with Crippen LogP contribution < -0.4 is 10.6 Å².